The second-order valence-electron chi connectivity index (χ2n) is 7.62. The molecule has 0 amide bonds. The third-order valence-electron chi connectivity index (χ3n) is 5.22. The number of hydrogen-bond donors (Lipinski definition) is 1. The van der Waals surface area contributed by atoms with Gasteiger partial charge in [0.1, 0.15) is 0 Å². The Morgan fingerprint density at radius 2 is 1.55 bits per heavy atom. The van der Waals surface area contributed by atoms with Crippen molar-refractivity contribution in [1.82, 2.24) is 15.0 Å². The van der Waals surface area contributed by atoms with E-state index in [9.17, 15) is 0 Å². The number of anilines is 4. The standard InChI is InChI=1S/C20H27BrN8/c1-27(2)17-8-7-15(13-16(17)21)14-22-26-18-23-19(28-9-3-4-10-28)25-20(24-18)29-11-5-6-12-29/h7-8,13-14H,3-6,9-12H2,1-2H3,(H,23,24,25,26)/b22-14+. The van der Waals surface area contributed by atoms with Crippen LogP contribution in [0.3, 0.4) is 0 Å². The Hall–Kier alpha value is -2.42. The van der Waals surface area contributed by atoms with Gasteiger partial charge in [-0.2, -0.15) is 20.1 Å². The van der Waals surface area contributed by atoms with Crippen LogP contribution in [0.2, 0.25) is 0 Å². The van der Waals surface area contributed by atoms with Crippen LogP contribution in [-0.4, -0.2) is 61.4 Å². The van der Waals surface area contributed by atoms with Crippen molar-refractivity contribution >= 4 is 45.7 Å². The lowest BCUT2D eigenvalue weighted by Crippen LogP contribution is -2.25. The van der Waals surface area contributed by atoms with Gasteiger partial charge in [-0.25, -0.2) is 5.43 Å². The topological polar surface area (TPSA) is 72.8 Å². The Kier molecular flexibility index (Phi) is 6.13. The Morgan fingerprint density at radius 1 is 0.966 bits per heavy atom. The summed E-state index contributed by atoms with van der Waals surface area (Å²) in [4.78, 5) is 20.5. The zero-order chi connectivity index (χ0) is 20.2. The van der Waals surface area contributed by atoms with Gasteiger partial charge in [0.05, 0.1) is 11.9 Å². The molecule has 2 saturated heterocycles. The quantitative estimate of drug-likeness (QED) is 0.525. The lowest BCUT2D eigenvalue weighted by molar-refractivity contribution is 0.838. The van der Waals surface area contributed by atoms with Crippen LogP contribution in [0.5, 0.6) is 0 Å². The molecule has 2 aliphatic heterocycles. The zero-order valence-corrected chi connectivity index (χ0v) is 18.6. The summed E-state index contributed by atoms with van der Waals surface area (Å²) in [6.45, 7) is 3.99. The average Bonchev–Trinajstić information content (AvgIpc) is 3.42. The average molecular weight is 459 g/mol. The van der Waals surface area contributed by atoms with E-state index in [1.807, 2.05) is 26.2 Å². The van der Waals surface area contributed by atoms with Gasteiger partial charge in [-0.3, -0.25) is 0 Å². The molecule has 3 heterocycles. The van der Waals surface area contributed by atoms with E-state index >= 15 is 0 Å². The lowest BCUT2D eigenvalue weighted by Gasteiger charge is -2.20. The van der Waals surface area contributed by atoms with E-state index in [0.29, 0.717) is 5.95 Å². The maximum atomic E-state index is 4.73. The molecule has 0 spiro atoms. The first-order valence-corrected chi connectivity index (χ1v) is 10.9. The van der Waals surface area contributed by atoms with Gasteiger partial charge in [-0.1, -0.05) is 6.07 Å². The number of aromatic nitrogens is 3. The van der Waals surface area contributed by atoms with Gasteiger partial charge < -0.3 is 14.7 Å². The van der Waals surface area contributed by atoms with E-state index in [1.54, 1.807) is 6.21 Å². The first kappa shape index (κ1) is 19.9. The SMILES string of the molecule is CN(C)c1ccc(/C=N/Nc2nc(N3CCCC3)nc(N3CCCC3)n2)cc1Br. The molecule has 0 aliphatic carbocycles. The van der Waals surface area contributed by atoms with Crippen molar-refractivity contribution in [2.45, 2.75) is 25.7 Å². The maximum Gasteiger partial charge on any atom is 0.250 e. The second kappa shape index (κ2) is 8.94. The summed E-state index contributed by atoms with van der Waals surface area (Å²) in [5.74, 6) is 1.98. The van der Waals surface area contributed by atoms with Crippen molar-refractivity contribution in [1.29, 1.82) is 0 Å². The molecule has 2 aromatic rings. The van der Waals surface area contributed by atoms with Crippen LogP contribution >= 0.6 is 15.9 Å². The van der Waals surface area contributed by atoms with Gasteiger partial charge in [-0.15, -0.1) is 0 Å². The molecule has 0 bridgehead atoms. The monoisotopic (exact) mass is 458 g/mol. The lowest BCUT2D eigenvalue weighted by atomic mass is 10.2. The third-order valence-corrected chi connectivity index (χ3v) is 5.86. The summed E-state index contributed by atoms with van der Waals surface area (Å²) in [5, 5.41) is 4.36. The highest BCUT2D eigenvalue weighted by Crippen LogP contribution is 2.25. The molecule has 2 fully saturated rings. The van der Waals surface area contributed by atoms with Crippen molar-refractivity contribution in [2.24, 2.45) is 5.10 Å². The molecule has 0 saturated carbocycles. The van der Waals surface area contributed by atoms with E-state index in [2.05, 4.69) is 57.2 Å². The van der Waals surface area contributed by atoms with Crippen LogP contribution in [-0.2, 0) is 0 Å². The molecule has 0 unspecified atom stereocenters. The molecule has 154 valence electrons. The highest BCUT2D eigenvalue weighted by molar-refractivity contribution is 9.10. The molecule has 0 atom stereocenters. The number of hydrazone groups is 1. The van der Waals surface area contributed by atoms with Crippen LogP contribution in [0.15, 0.2) is 27.8 Å². The Bertz CT molecular complexity index is 839. The number of benzene rings is 1. The summed E-state index contributed by atoms with van der Waals surface area (Å²) >= 11 is 3.61. The third kappa shape index (κ3) is 4.77. The molecular weight excluding hydrogens is 432 g/mol. The number of nitrogens with one attached hydrogen (secondary N) is 1. The molecule has 9 heteroatoms. The largest absolute Gasteiger partial charge is 0.377 e. The molecule has 4 rings (SSSR count). The van der Waals surface area contributed by atoms with Gasteiger partial charge in [0.15, 0.2) is 0 Å². The zero-order valence-electron chi connectivity index (χ0n) is 17.0. The van der Waals surface area contributed by atoms with Crippen LogP contribution in [0.25, 0.3) is 0 Å². The predicted molar refractivity (Wildman–Crippen MR) is 122 cm³/mol. The first-order chi connectivity index (χ1) is 14.1. The van der Waals surface area contributed by atoms with Gasteiger partial charge in [0.25, 0.3) is 0 Å². The van der Waals surface area contributed by atoms with Gasteiger partial charge in [0.2, 0.25) is 17.8 Å². The van der Waals surface area contributed by atoms with Crippen LogP contribution in [0.1, 0.15) is 31.2 Å². The van der Waals surface area contributed by atoms with E-state index in [-0.39, 0.29) is 0 Å². The van der Waals surface area contributed by atoms with Crippen LogP contribution in [0, 0.1) is 0 Å². The summed E-state index contributed by atoms with van der Waals surface area (Å²) in [6, 6.07) is 6.13. The van der Waals surface area contributed by atoms with Crippen LogP contribution < -0.4 is 20.1 Å². The predicted octanol–water partition coefficient (Wildman–Crippen LogP) is 3.35. The van der Waals surface area contributed by atoms with Gasteiger partial charge >= 0.3 is 0 Å². The summed E-state index contributed by atoms with van der Waals surface area (Å²) in [6.07, 6.45) is 6.51. The fraction of sp³-hybridized carbons (Fsp3) is 0.500. The van der Waals surface area contributed by atoms with E-state index in [0.717, 1.165) is 53.8 Å². The molecule has 1 aromatic heterocycles. The summed E-state index contributed by atoms with van der Waals surface area (Å²) < 4.78 is 1.03. The molecular formula is C20H27BrN8. The summed E-state index contributed by atoms with van der Waals surface area (Å²) in [7, 11) is 4.04. The van der Waals surface area contributed by atoms with Crippen molar-refractivity contribution in [3.8, 4) is 0 Å². The molecule has 2 aliphatic rings. The molecule has 0 radical (unpaired) electrons. The molecule has 1 N–H and O–H groups in total. The Balaban J connectivity index is 1.52. The smallest absolute Gasteiger partial charge is 0.250 e. The van der Waals surface area contributed by atoms with Crippen molar-refractivity contribution < 1.29 is 0 Å². The first-order valence-electron chi connectivity index (χ1n) is 10.1. The fourth-order valence-corrected chi connectivity index (χ4v) is 4.40. The van der Waals surface area contributed by atoms with E-state index < -0.39 is 0 Å². The van der Waals surface area contributed by atoms with Gasteiger partial charge in [0, 0.05) is 44.7 Å². The minimum Gasteiger partial charge on any atom is -0.377 e. The highest BCUT2D eigenvalue weighted by atomic mass is 79.9. The fourth-order valence-electron chi connectivity index (χ4n) is 3.65. The maximum absolute atomic E-state index is 4.73. The Labute approximate surface area is 180 Å². The highest BCUT2D eigenvalue weighted by Gasteiger charge is 2.21. The number of hydrogen-bond acceptors (Lipinski definition) is 8. The molecule has 8 nitrogen and oxygen atoms in total. The molecule has 29 heavy (non-hydrogen) atoms. The van der Waals surface area contributed by atoms with E-state index in [4.69, 9.17) is 4.98 Å². The van der Waals surface area contributed by atoms with Crippen molar-refractivity contribution in [2.75, 3.05) is 60.4 Å². The minimum atomic E-state index is 0.490. The minimum absolute atomic E-state index is 0.490. The van der Waals surface area contributed by atoms with Crippen molar-refractivity contribution in [3.05, 3.63) is 28.2 Å². The van der Waals surface area contributed by atoms with Crippen LogP contribution in [0.4, 0.5) is 23.5 Å². The Morgan fingerprint density at radius 3 is 2.07 bits per heavy atom. The van der Waals surface area contributed by atoms with Crippen molar-refractivity contribution in [3.63, 3.8) is 0 Å². The summed E-state index contributed by atoms with van der Waals surface area (Å²) in [5.41, 5.74) is 5.12. The number of rotatable bonds is 6. The normalized spacial score (nSPS) is 16.8. The number of nitrogens with zero attached hydrogens (tertiary/aromatic N) is 7. The van der Waals surface area contributed by atoms with Gasteiger partial charge in [-0.05, 0) is 59.3 Å². The second-order valence-corrected chi connectivity index (χ2v) is 8.48. The molecule has 1 aromatic carbocycles. The number of halogens is 1. The van der Waals surface area contributed by atoms with E-state index in [1.165, 1.54) is 25.7 Å².